The van der Waals surface area contributed by atoms with Crippen LogP contribution in [0.25, 0.3) is 11.0 Å². The Morgan fingerprint density at radius 3 is 2.80 bits per heavy atom. The number of benzene rings is 1. The van der Waals surface area contributed by atoms with Crippen molar-refractivity contribution in [1.82, 2.24) is 14.5 Å². The predicted molar refractivity (Wildman–Crippen MR) is 70.5 cm³/mol. The summed E-state index contributed by atoms with van der Waals surface area (Å²) in [5.74, 6) is -1.14. The van der Waals surface area contributed by atoms with Crippen LogP contribution < -0.4 is 0 Å². The number of imidazole rings is 1. The van der Waals surface area contributed by atoms with Gasteiger partial charge in [-0.2, -0.15) is 0 Å². The number of aromatic nitrogens is 2. The van der Waals surface area contributed by atoms with Crippen molar-refractivity contribution >= 4 is 28.5 Å². The van der Waals surface area contributed by atoms with Crippen LogP contribution >= 0.6 is 11.6 Å². The van der Waals surface area contributed by atoms with Crippen LogP contribution in [-0.2, 0) is 10.7 Å². The van der Waals surface area contributed by atoms with E-state index in [1.165, 1.54) is 6.07 Å². The maximum atomic E-state index is 13.8. The number of nitrogens with zero attached hydrogens (tertiary/aromatic N) is 3. The number of likely N-dealkylation sites (tertiary alicyclic amines) is 1. The Kier molecular flexibility index (Phi) is 3.12. The summed E-state index contributed by atoms with van der Waals surface area (Å²) in [6.07, 6.45) is 0.572. The molecule has 1 aliphatic heterocycles. The SMILES string of the molecule is CN1CCC(n2c(CCl)nc3c(F)cc(F)cc32)C1=O. The second kappa shape index (κ2) is 4.70. The Labute approximate surface area is 118 Å². The molecule has 1 saturated heterocycles. The average molecular weight is 300 g/mol. The lowest BCUT2D eigenvalue weighted by Gasteiger charge is -2.15. The number of hydrogen-bond acceptors (Lipinski definition) is 2. The lowest BCUT2D eigenvalue weighted by molar-refractivity contribution is -0.129. The first kappa shape index (κ1) is 13.3. The molecule has 0 saturated carbocycles. The van der Waals surface area contributed by atoms with Crippen LogP contribution in [0.2, 0.25) is 0 Å². The molecule has 4 nitrogen and oxygen atoms in total. The number of fused-ring (bicyclic) bond motifs is 1. The monoisotopic (exact) mass is 299 g/mol. The normalized spacial score (nSPS) is 19.3. The van der Waals surface area contributed by atoms with Crippen molar-refractivity contribution in [3.8, 4) is 0 Å². The minimum Gasteiger partial charge on any atom is -0.344 e. The van der Waals surface area contributed by atoms with Gasteiger partial charge in [-0.05, 0) is 6.42 Å². The van der Waals surface area contributed by atoms with Crippen LogP contribution in [-0.4, -0.2) is 34.0 Å². The van der Waals surface area contributed by atoms with Gasteiger partial charge in [0.25, 0.3) is 0 Å². The standard InChI is InChI=1S/C13H12ClF2N3O/c1-18-3-2-9(13(18)20)19-10-5-7(15)4-8(16)12(10)17-11(19)6-14/h4-5,9H,2-3,6H2,1H3. The summed E-state index contributed by atoms with van der Waals surface area (Å²) in [5.41, 5.74) is 0.316. The molecule has 1 aromatic carbocycles. The van der Waals surface area contributed by atoms with Gasteiger partial charge in [-0.3, -0.25) is 4.79 Å². The Morgan fingerprint density at radius 1 is 1.45 bits per heavy atom. The van der Waals surface area contributed by atoms with Gasteiger partial charge in [0.1, 0.15) is 23.2 Å². The van der Waals surface area contributed by atoms with Crippen LogP contribution in [0.15, 0.2) is 12.1 Å². The molecule has 0 bridgehead atoms. The zero-order valence-corrected chi connectivity index (χ0v) is 11.5. The van der Waals surface area contributed by atoms with Gasteiger partial charge in [-0.1, -0.05) is 0 Å². The molecule has 1 unspecified atom stereocenters. The molecule has 1 fully saturated rings. The van der Waals surface area contributed by atoms with Crippen LogP contribution in [0.1, 0.15) is 18.3 Å². The van der Waals surface area contributed by atoms with Crippen molar-refractivity contribution in [3.05, 3.63) is 29.6 Å². The Hall–Kier alpha value is -1.69. The van der Waals surface area contributed by atoms with E-state index >= 15 is 0 Å². The molecule has 0 aliphatic carbocycles. The summed E-state index contributed by atoms with van der Waals surface area (Å²) in [6, 6.07) is 1.47. The average Bonchev–Trinajstić information content (AvgIpc) is 2.91. The maximum absolute atomic E-state index is 13.8. The minimum atomic E-state index is -0.746. The summed E-state index contributed by atoms with van der Waals surface area (Å²) in [5, 5.41) is 0. The summed E-state index contributed by atoms with van der Waals surface area (Å²) in [6.45, 7) is 0.600. The fourth-order valence-corrected chi connectivity index (χ4v) is 2.84. The van der Waals surface area contributed by atoms with Crippen molar-refractivity contribution in [2.45, 2.75) is 18.3 Å². The highest BCUT2D eigenvalue weighted by Gasteiger charge is 2.33. The van der Waals surface area contributed by atoms with Crippen molar-refractivity contribution in [3.63, 3.8) is 0 Å². The van der Waals surface area contributed by atoms with Crippen molar-refractivity contribution in [2.75, 3.05) is 13.6 Å². The van der Waals surface area contributed by atoms with Crippen LogP contribution in [0, 0.1) is 11.6 Å². The van der Waals surface area contributed by atoms with Gasteiger partial charge < -0.3 is 9.47 Å². The minimum absolute atomic E-state index is 0.0310. The predicted octanol–water partition coefficient (Wildman–Crippen LogP) is 2.46. The number of alkyl halides is 1. The van der Waals surface area contributed by atoms with E-state index in [-0.39, 0.29) is 22.8 Å². The molecule has 0 radical (unpaired) electrons. The zero-order valence-electron chi connectivity index (χ0n) is 10.7. The number of rotatable bonds is 2. The fraction of sp³-hybridized carbons (Fsp3) is 0.385. The number of likely N-dealkylation sites (N-methyl/N-ethyl adjacent to an activating group) is 1. The third kappa shape index (κ3) is 1.86. The van der Waals surface area contributed by atoms with Crippen LogP contribution in [0.4, 0.5) is 8.78 Å². The Morgan fingerprint density at radius 2 is 2.20 bits per heavy atom. The molecule has 3 rings (SSSR count). The second-order valence-corrected chi connectivity index (χ2v) is 5.12. The number of halogens is 3. The number of hydrogen-bond donors (Lipinski definition) is 0. The summed E-state index contributed by atoms with van der Waals surface area (Å²) in [4.78, 5) is 17.8. The lowest BCUT2D eigenvalue weighted by Crippen LogP contribution is -2.25. The molecule has 2 aromatic rings. The van der Waals surface area contributed by atoms with E-state index in [2.05, 4.69) is 4.98 Å². The quantitative estimate of drug-likeness (QED) is 0.799. The second-order valence-electron chi connectivity index (χ2n) is 4.85. The maximum Gasteiger partial charge on any atom is 0.245 e. The first-order valence-corrected chi connectivity index (χ1v) is 6.73. The molecule has 2 heterocycles. The van der Waals surface area contributed by atoms with E-state index in [9.17, 15) is 13.6 Å². The molecule has 1 aromatic heterocycles. The van der Waals surface area contributed by atoms with Crippen LogP contribution in [0.5, 0.6) is 0 Å². The third-order valence-corrected chi connectivity index (χ3v) is 3.86. The highest BCUT2D eigenvalue weighted by atomic mass is 35.5. The summed E-state index contributed by atoms with van der Waals surface area (Å²) in [7, 11) is 1.70. The smallest absolute Gasteiger partial charge is 0.245 e. The molecule has 0 spiro atoms. The molecule has 7 heteroatoms. The highest BCUT2D eigenvalue weighted by Crippen LogP contribution is 2.30. The fourth-order valence-electron chi connectivity index (χ4n) is 2.65. The van der Waals surface area contributed by atoms with Crippen LogP contribution in [0.3, 0.4) is 0 Å². The molecule has 1 atom stereocenters. The molecule has 20 heavy (non-hydrogen) atoms. The van der Waals surface area contributed by atoms with E-state index in [0.717, 1.165) is 6.07 Å². The molecule has 106 valence electrons. The molecular weight excluding hydrogens is 288 g/mol. The zero-order chi connectivity index (χ0) is 14.4. The summed E-state index contributed by atoms with van der Waals surface area (Å²) < 4.78 is 28.8. The molecule has 0 N–H and O–H groups in total. The number of amides is 1. The number of carbonyl (C=O) groups excluding carboxylic acids is 1. The largest absolute Gasteiger partial charge is 0.344 e. The first-order valence-electron chi connectivity index (χ1n) is 6.19. The van der Waals surface area contributed by atoms with Gasteiger partial charge in [-0.15, -0.1) is 11.6 Å². The van der Waals surface area contributed by atoms with E-state index in [1.54, 1.807) is 16.5 Å². The van der Waals surface area contributed by atoms with Gasteiger partial charge in [0.15, 0.2) is 5.82 Å². The van der Waals surface area contributed by atoms with Gasteiger partial charge >= 0.3 is 0 Å². The van der Waals surface area contributed by atoms with Crippen molar-refractivity contribution in [2.24, 2.45) is 0 Å². The van der Waals surface area contributed by atoms with Crippen molar-refractivity contribution < 1.29 is 13.6 Å². The van der Waals surface area contributed by atoms with Gasteiger partial charge in [0, 0.05) is 25.7 Å². The van der Waals surface area contributed by atoms with E-state index < -0.39 is 17.7 Å². The van der Waals surface area contributed by atoms with E-state index in [4.69, 9.17) is 11.6 Å². The molecular formula is C13H12ClF2N3O. The van der Waals surface area contributed by atoms with Crippen molar-refractivity contribution in [1.29, 1.82) is 0 Å². The van der Waals surface area contributed by atoms with E-state index in [1.807, 2.05) is 0 Å². The first-order chi connectivity index (χ1) is 9.52. The number of carbonyl (C=O) groups is 1. The van der Waals surface area contributed by atoms with Gasteiger partial charge in [-0.25, -0.2) is 13.8 Å². The lowest BCUT2D eigenvalue weighted by atomic mass is 10.2. The van der Waals surface area contributed by atoms with Gasteiger partial charge in [0.05, 0.1) is 11.4 Å². The highest BCUT2D eigenvalue weighted by molar-refractivity contribution is 6.17. The molecule has 1 aliphatic rings. The molecule has 1 amide bonds. The Balaban J connectivity index is 2.25. The topological polar surface area (TPSA) is 38.1 Å². The third-order valence-electron chi connectivity index (χ3n) is 3.62. The Bertz CT molecular complexity index is 700. The van der Waals surface area contributed by atoms with Gasteiger partial charge in [0.2, 0.25) is 5.91 Å². The summed E-state index contributed by atoms with van der Waals surface area (Å²) >= 11 is 5.83. The van der Waals surface area contributed by atoms with E-state index in [0.29, 0.717) is 18.8 Å².